The largest absolute Gasteiger partial charge is 0.480 e. The van der Waals surface area contributed by atoms with Crippen LogP contribution in [-0.2, 0) is 4.79 Å². The fraction of sp³-hybridized carbons (Fsp3) is 0.179. The molecule has 37 heavy (non-hydrogen) atoms. The zero-order valence-electron chi connectivity index (χ0n) is 20.2. The van der Waals surface area contributed by atoms with Crippen molar-refractivity contribution in [3.8, 4) is 0 Å². The van der Waals surface area contributed by atoms with Crippen LogP contribution in [0.4, 0.5) is 11.4 Å². The first-order valence-electron chi connectivity index (χ1n) is 11.7. The lowest BCUT2D eigenvalue weighted by Crippen LogP contribution is -2.47. The Balaban J connectivity index is 0.000000342. The first-order valence-corrected chi connectivity index (χ1v) is 11.7. The van der Waals surface area contributed by atoms with Gasteiger partial charge in [-0.1, -0.05) is 36.4 Å². The SMILES string of the molecule is CC1CC(N(CC(=O)O)c2ccccc2)c2ccccc2N1C(=O)c1ccco1.NC(=O)c1ccco1. The third kappa shape index (κ3) is 5.72. The van der Waals surface area contributed by atoms with Gasteiger partial charge >= 0.3 is 5.97 Å². The smallest absolute Gasteiger partial charge is 0.323 e. The van der Waals surface area contributed by atoms with Crippen LogP contribution >= 0.6 is 0 Å². The molecule has 0 bridgehead atoms. The number of carbonyl (C=O) groups is 3. The molecule has 2 unspecified atom stereocenters. The van der Waals surface area contributed by atoms with Crippen molar-refractivity contribution in [2.24, 2.45) is 5.73 Å². The van der Waals surface area contributed by atoms with Gasteiger partial charge in [-0.25, -0.2) is 0 Å². The Bertz CT molecular complexity index is 1340. The molecular formula is C28H27N3O6. The first kappa shape index (κ1) is 25.3. The standard InChI is InChI=1S/C23H22N2O4.C5H5NO2/c1-16-14-20(24(15-22(26)27)17-8-3-2-4-9-17)18-10-5-6-11-19(18)25(16)23(28)21-12-7-13-29-21;6-5(7)4-2-1-3-8-4/h2-13,16,20H,14-15H2,1H3,(H,26,27);1-3H,(H2,6,7). The van der Waals surface area contributed by atoms with Crippen LogP contribution in [0.3, 0.4) is 0 Å². The number of hydrogen-bond acceptors (Lipinski definition) is 6. The number of benzene rings is 2. The van der Waals surface area contributed by atoms with E-state index in [9.17, 15) is 19.5 Å². The second-order valence-corrected chi connectivity index (χ2v) is 8.51. The second kappa shape index (κ2) is 11.3. The van der Waals surface area contributed by atoms with Gasteiger partial charge in [-0.3, -0.25) is 14.4 Å². The van der Waals surface area contributed by atoms with Crippen LogP contribution in [-0.4, -0.2) is 35.5 Å². The first-order chi connectivity index (χ1) is 17.9. The highest BCUT2D eigenvalue weighted by Gasteiger charge is 2.38. The lowest BCUT2D eigenvalue weighted by atomic mass is 9.89. The van der Waals surface area contributed by atoms with Crippen molar-refractivity contribution in [3.05, 3.63) is 108 Å². The summed E-state index contributed by atoms with van der Waals surface area (Å²) in [7, 11) is 0. The van der Waals surface area contributed by atoms with Crippen molar-refractivity contribution in [2.75, 3.05) is 16.3 Å². The van der Waals surface area contributed by atoms with E-state index in [1.807, 2.05) is 66.4 Å². The summed E-state index contributed by atoms with van der Waals surface area (Å²) in [4.78, 5) is 38.5. The van der Waals surface area contributed by atoms with Gasteiger partial charge in [0.2, 0.25) is 0 Å². The molecular weight excluding hydrogens is 474 g/mol. The molecule has 2 aromatic heterocycles. The van der Waals surface area contributed by atoms with Crippen molar-refractivity contribution in [1.29, 1.82) is 0 Å². The average Bonchev–Trinajstić information content (AvgIpc) is 3.63. The lowest BCUT2D eigenvalue weighted by Gasteiger charge is -2.43. The lowest BCUT2D eigenvalue weighted by molar-refractivity contribution is -0.135. The average molecular weight is 502 g/mol. The van der Waals surface area contributed by atoms with Crippen LogP contribution in [0.1, 0.15) is 46.1 Å². The van der Waals surface area contributed by atoms with Crippen molar-refractivity contribution in [2.45, 2.75) is 25.4 Å². The molecule has 0 spiro atoms. The fourth-order valence-electron chi connectivity index (χ4n) is 4.47. The Morgan fingerprint density at radius 3 is 2.11 bits per heavy atom. The van der Waals surface area contributed by atoms with Crippen molar-refractivity contribution < 1.29 is 28.3 Å². The molecule has 2 atom stereocenters. The molecule has 0 radical (unpaired) electrons. The molecule has 4 aromatic rings. The molecule has 0 saturated heterocycles. The normalized spacial score (nSPS) is 16.2. The van der Waals surface area contributed by atoms with Crippen LogP contribution in [0.15, 0.2) is 100 Å². The number of primary amides is 1. The number of fused-ring (bicyclic) bond motifs is 1. The molecule has 0 saturated carbocycles. The van der Waals surface area contributed by atoms with Crippen LogP contribution in [0.25, 0.3) is 0 Å². The predicted molar refractivity (Wildman–Crippen MR) is 137 cm³/mol. The molecule has 2 aromatic carbocycles. The molecule has 1 aliphatic rings. The fourth-order valence-corrected chi connectivity index (χ4v) is 4.47. The summed E-state index contributed by atoms with van der Waals surface area (Å²) in [6.45, 7) is 1.86. The summed E-state index contributed by atoms with van der Waals surface area (Å²) in [6, 6.07) is 23.4. The number of carboxylic acid groups (broad SMARTS) is 1. The highest BCUT2D eigenvalue weighted by atomic mass is 16.4. The van der Waals surface area contributed by atoms with E-state index in [0.717, 1.165) is 16.9 Å². The number of aliphatic carboxylic acids is 1. The number of hydrogen-bond donors (Lipinski definition) is 2. The Morgan fingerprint density at radius 2 is 1.54 bits per heavy atom. The molecule has 5 rings (SSSR count). The molecule has 3 N–H and O–H groups in total. The summed E-state index contributed by atoms with van der Waals surface area (Å²) < 4.78 is 9.95. The van der Waals surface area contributed by atoms with Gasteiger partial charge in [0, 0.05) is 17.4 Å². The summed E-state index contributed by atoms with van der Waals surface area (Å²) in [5, 5.41) is 9.54. The zero-order valence-corrected chi connectivity index (χ0v) is 20.2. The highest BCUT2D eigenvalue weighted by Crippen LogP contribution is 2.42. The number of rotatable bonds is 6. The minimum Gasteiger partial charge on any atom is -0.480 e. The van der Waals surface area contributed by atoms with Crippen LogP contribution in [0, 0.1) is 0 Å². The van der Waals surface area contributed by atoms with E-state index in [4.69, 9.17) is 10.2 Å². The van der Waals surface area contributed by atoms with Gasteiger partial charge in [-0.2, -0.15) is 0 Å². The van der Waals surface area contributed by atoms with Crippen molar-refractivity contribution in [3.63, 3.8) is 0 Å². The molecule has 1 aliphatic heterocycles. The predicted octanol–water partition coefficient (Wildman–Crippen LogP) is 4.73. The Labute approximate surface area is 213 Å². The van der Waals surface area contributed by atoms with Gasteiger partial charge in [0.05, 0.1) is 18.6 Å². The monoisotopic (exact) mass is 501 g/mol. The molecule has 2 amide bonds. The van der Waals surface area contributed by atoms with E-state index in [-0.39, 0.29) is 36.1 Å². The Morgan fingerprint density at radius 1 is 0.919 bits per heavy atom. The molecule has 9 nitrogen and oxygen atoms in total. The summed E-state index contributed by atoms with van der Waals surface area (Å²) in [6.07, 6.45) is 3.49. The highest BCUT2D eigenvalue weighted by molar-refractivity contribution is 6.05. The molecule has 9 heteroatoms. The van der Waals surface area contributed by atoms with Crippen LogP contribution < -0.4 is 15.5 Å². The van der Waals surface area contributed by atoms with Gasteiger partial charge in [0.1, 0.15) is 6.54 Å². The summed E-state index contributed by atoms with van der Waals surface area (Å²) in [5.41, 5.74) is 7.37. The number of amides is 2. The van der Waals surface area contributed by atoms with E-state index in [1.165, 1.54) is 18.6 Å². The van der Waals surface area contributed by atoms with Crippen LogP contribution in [0.5, 0.6) is 0 Å². The summed E-state index contributed by atoms with van der Waals surface area (Å²) in [5.74, 6) is -1.14. The molecule has 0 aliphatic carbocycles. The number of para-hydroxylation sites is 2. The number of carboxylic acids is 1. The quantitative estimate of drug-likeness (QED) is 0.391. The second-order valence-electron chi connectivity index (χ2n) is 8.51. The van der Waals surface area contributed by atoms with Gasteiger partial charge in [0.15, 0.2) is 11.5 Å². The number of furan rings is 2. The van der Waals surface area contributed by atoms with E-state index in [2.05, 4.69) is 4.42 Å². The topological polar surface area (TPSA) is 130 Å². The van der Waals surface area contributed by atoms with Gasteiger partial charge in [0.25, 0.3) is 11.8 Å². The number of carbonyl (C=O) groups excluding carboxylic acids is 2. The minimum absolute atomic E-state index is 0.123. The van der Waals surface area contributed by atoms with E-state index in [1.54, 1.807) is 23.1 Å². The molecule has 190 valence electrons. The molecule has 0 fully saturated rings. The number of anilines is 2. The maximum atomic E-state index is 13.1. The van der Waals surface area contributed by atoms with E-state index >= 15 is 0 Å². The maximum absolute atomic E-state index is 13.1. The van der Waals surface area contributed by atoms with Gasteiger partial charge in [-0.05, 0) is 61.4 Å². The van der Waals surface area contributed by atoms with Crippen molar-refractivity contribution in [1.82, 2.24) is 0 Å². The molecule has 3 heterocycles. The van der Waals surface area contributed by atoms with Crippen molar-refractivity contribution >= 4 is 29.2 Å². The maximum Gasteiger partial charge on any atom is 0.323 e. The Hall–Kier alpha value is -4.79. The van der Waals surface area contributed by atoms with Crippen LogP contribution in [0.2, 0.25) is 0 Å². The third-order valence-electron chi connectivity index (χ3n) is 6.04. The zero-order chi connectivity index (χ0) is 26.4. The summed E-state index contributed by atoms with van der Waals surface area (Å²) >= 11 is 0. The Kier molecular flexibility index (Phi) is 7.73. The third-order valence-corrected chi connectivity index (χ3v) is 6.04. The van der Waals surface area contributed by atoms with Gasteiger partial charge in [-0.15, -0.1) is 0 Å². The minimum atomic E-state index is -0.895. The number of nitrogens with two attached hydrogens (primary N) is 1. The van der Waals surface area contributed by atoms with E-state index < -0.39 is 11.9 Å². The number of nitrogens with zero attached hydrogens (tertiary/aromatic N) is 2. The van der Waals surface area contributed by atoms with E-state index in [0.29, 0.717) is 6.42 Å². The van der Waals surface area contributed by atoms with Gasteiger partial charge < -0.3 is 29.5 Å².